The van der Waals surface area contributed by atoms with Gasteiger partial charge in [0.15, 0.2) is 0 Å². The first kappa shape index (κ1) is 15.1. The van der Waals surface area contributed by atoms with Crippen molar-refractivity contribution in [3.63, 3.8) is 0 Å². The summed E-state index contributed by atoms with van der Waals surface area (Å²) in [6.07, 6.45) is 4.84. The van der Waals surface area contributed by atoms with Crippen molar-refractivity contribution in [3.05, 3.63) is 34.6 Å². The lowest BCUT2D eigenvalue weighted by atomic mass is 10.1. The number of carbonyl (C=O) groups is 1. The highest BCUT2D eigenvalue weighted by molar-refractivity contribution is 6.31. The average molecular weight is 290 g/mol. The zero-order valence-electron chi connectivity index (χ0n) is 10.2. The summed E-state index contributed by atoms with van der Waals surface area (Å²) in [6, 6.07) is 1.67. The van der Waals surface area contributed by atoms with Crippen LogP contribution in [0.3, 0.4) is 0 Å². The van der Waals surface area contributed by atoms with E-state index in [4.69, 9.17) is 11.6 Å². The highest BCUT2D eigenvalue weighted by Gasteiger charge is 2.11. The maximum Gasteiger partial charge on any atom is 0.268 e. The summed E-state index contributed by atoms with van der Waals surface area (Å²) in [4.78, 5) is 11.9. The van der Waals surface area contributed by atoms with Gasteiger partial charge in [-0.25, -0.2) is 0 Å². The second-order valence-corrected chi connectivity index (χ2v) is 4.59. The summed E-state index contributed by atoms with van der Waals surface area (Å²) in [5.74, 6) is -0.0844. The zero-order valence-corrected chi connectivity index (χ0v) is 11.8. The number of nitrogens with one attached hydrogen (secondary N) is 2. The SMILES string of the molecule is Cl.Cn1cc(Cl)cc1C(=O)NCC1=CCNCC1. The lowest BCUT2D eigenvalue weighted by Crippen LogP contribution is -2.30. The Kier molecular flexibility index (Phi) is 5.72. The molecule has 100 valence electrons. The van der Waals surface area contributed by atoms with Gasteiger partial charge in [0.25, 0.3) is 5.91 Å². The van der Waals surface area contributed by atoms with Gasteiger partial charge < -0.3 is 15.2 Å². The van der Waals surface area contributed by atoms with Crippen LogP contribution in [0.25, 0.3) is 0 Å². The van der Waals surface area contributed by atoms with Crippen LogP contribution < -0.4 is 10.6 Å². The van der Waals surface area contributed by atoms with E-state index < -0.39 is 0 Å². The van der Waals surface area contributed by atoms with Gasteiger partial charge in [0.05, 0.1) is 5.02 Å². The molecule has 0 atom stereocenters. The van der Waals surface area contributed by atoms with E-state index in [1.807, 2.05) is 7.05 Å². The number of aromatic nitrogens is 1. The molecule has 2 rings (SSSR count). The largest absolute Gasteiger partial charge is 0.347 e. The van der Waals surface area contributed by atoms with E-state index >= 15 is 0 Å². The number of amides is 1. The summed E-state index contributed by atoms with van der Waals surface area (Å²) in [5.41, 5.74) is 1.86. The molecule has 1 aromatic heterocycles. The lowest BCUT2D eigenvalue weighted by molar-refractivity contribution is 0.0948. The Morgan fingerprint density at radius 2 is 2.39 bits per heavy atom. The van der Waals surface area contributed by atoms with Crippen LogP contribution in [0.15, 0.2) is 23.9 Å². The Morgan fingerprint density at radius 1 is 1.61 bits per heavy atom. The van der Waals surface area contributed by atoms with Crippen molar-refractivity contribution >= 4 is 29.9 Å². The van der Waals surface area contributed by atoms with Crippen LogP contribution in [0.4, 0.5) is 0 Å². The molecule has 0 spiro atoms. The highest BCUT2D eigenvalue weighted by Crippen LogP contribution is 2.12. The van der Waals surface area contributed by atoms with Crippen LogP contribution in [-0.4, -0.2) is 30.1 Å². The monoisotopic (exact) mass is 289 g/mol. The average Bonchev–Trinajstić information content (AvgIpc) is 2.67. The van der Waals surface area contributed by atoms with Crippen LogP contribution in [0.1, 0.15) is 16.9 Å². The molecule has 0 unspecified atom stereocenters. The first-order valence-corrected chi connectivity index (χ1v) is 6.03. The van der Waals surface area contributed by atoms with Gasteiger partial charge in [-0.1, -0.05) is 23.3 Å². The molecule has 0 aromatic carbocycles. The summed E-state index contributed by atoms with van der Waals surface area (Å²) in [6.45, 7) is 2.49. The van der Waals surface area contributed by atoms with Crippen LogP contribution >= 0.6 is 24.0 Å². The van der Waals surface area contributed by atoms with Crippen LogP contribution in [0.2, 0.25) is 5.02 Å². The predicted octanol–water partition coefficient (Wildman–Crippen LogP) is 1.75. The number of rotatable bonds is 3. The number of aryl methyl sites for hydroxylation is 1. The Labute approximate surface area is 118 Å². The van der Waals surface area contributed by atoms with Gasteiger partial charge in [0.1, 0.15) is 5.69 Å². The van der Waals surface area contributed by atoms with E-state index in [1.165, 1.54) is 5.57 Å². The topological polar surface area (TPSA) is 46.1 Å². The van der Waals surface area contributed by atoms with Crippen molar-refractivity contribution in [1.29, 1.82) is 0 Å². The van der Waals surface area contributed by atoms with Gasteiger partial charge in [-0.15, -0.1) is 12.4 Å². The molecule has 6 heteroatoms. The molecule has 2 N–H and O–H groups in total. The van der Waals surface area contributed by atoms with E-state index in [-0.39, 0.29) is 18.3 Å². The summed E-state index contributed by atoms with van der Waals surface area (Å²) in [5, 5.41) is 6.73. The zero-order chi connectivity index (χ0) is 12.3. The molecule has 2 heterocycles. The van der Waals surface area contributed by atoms with E-state index in [9.17, 15) is 4.79 Å². The summed E-state index contributed by atoms with van der Waals surface area (Å²) >= 11 is 5.84. The third kappa shape index (κ3) is 3.77. The van der Waals surface area contributed by atoms with Crippen LogP contribution in [0, 0.1) is 0 Å². The Morgan fingerprint density at radius 3 is 2.94 bits per heavy atom. The minimum atomic E-state index is -0.0844. The maximum absolute atomic E-state index is 11.9. The molecule has 0 saturated heterocycles. The fourth-order valence-corrected chi connectivity index (χ4v) is 2.11. The van der Waals surface area contributed by atoms with E-state index in [2.05, 4.69) is 16.7 Å². The second kappa shape index (κ2) is 6.83. The molecule has 1 aliphatic rings. The first-order chi connectivity index (χ1) is 8.16. The van der Waals surface area contributed by atoms with Gasteiger partial charge in [0, 0.05) is 26.3 Å². The second-order valence-electron chi connectivity index (χ2n) is 4.15. The van der Waals surface area contributed by atoms with Crippen molar-refractivity contribution in [2.75, 3.05) is 19.6 Å². The van der Waals surface area contributed by atoms with E-state index in [1.54, 1.807) is 16.8 Å². The number of halogens is 2. The molecule has 0 bridgehead atoms. The maximum atomic E-state index is 11.9. The van der Waals surface area contributed by atoms with Gasteiger partial charge in [-0.05, 0) is 19.0 Å². The Bertz CT molecular complexity index is 454. The number of nitrogens with zero attached hydrogens (tertiary/aromatic N) is 1. The van der Waals surface area contributed by atoms with Crippen LogP contribution in [0.5, 0.6) is 0 Å². The van der Waals surface area contributed by atoms with Crippen molar-refractivity contribution in [1.82, 2.24) is 15.2 Å². The smallest absolute Gasteiger partial charge is 0.268 e. The van der Waals surface area contributed by atoms with Gasteiger partial charge >= 0.3 is 0 Å². The van der Waals surface area contributed by atoms with Gasteiger partial charge in [0.2, 0.25) is 0 Å². The number of hydrogen-bond acceptors (Lipinski definition) is 2. The van der Waals surface area contributed by atoms with Gasteiger partial charge in [-0.3, -0.25) is 4.79 Å². The molecule has 1 amide bonds. The molecule has 0 saturated carbocycles. The highest BCUT2D eigenvalue weighted by atomic mass is 35.5. The van der Waals surface area contributed by atoms with Crippen molar-refractivity contribution in [3.8, 4) is 0 Å². The minimum Gasteiger partial charge on any atom is -0.347 e. The summed E-state index contributed by atoms with van der Waals surface area (Å²) < 4.78 is 1.73. The predicted molar refractivity (Wildman–Crippen MR) is 75.6 cm³/mol. The summed E-state index contributed by atoms with van der Waals surface area (Å²) in [7, 11) is 1.81. The fourth-order valence-electron chi connectivity index (χ4n) is 1.86. The van der Waals surface area contributed by atoms with Crippen LogP contribution in [-0.2, 0) is 7.05 Å². The molecular formula is C12H17Cl2N3O. The van der Waals surface area contributed by atoms with E-state index in [0.29, 0.717) is 17.3 Å². The quantitative estimate of drug-likeness (QED) is 0.833. The molecular weight excluding hydrogens is 273 g/mol. The normalized spacial score (nSPS) is 14.7. The minimum absolute atomic E-state index is 0. The molecule has 18 heavy (non-hydrogen) atoms. The molecule has 0 radical (unpaired) electrons. The lowest BCUT2D eigenvalue weighted by Gasteiger charge is -2.14. The molecule has 1 aliphatic heterocycles. The molecule has 0 aliphatic carbocycles. The number of carbonyl (C=O) groups excluding carboxylic acids is 1. The Balaban J connectivity index is 0.00000162. The third-order valence-electron chi connectivity index (χ3n) is 2.84. The molecule has 0 fully saturated rings. The molecule has 1 aromatic rings. The first-order valence-electron chi connectivity index (χ1n) is 5.65. The van der Waals surface area contributed by atoms with Gasteiger partial charge in [-0.2, -0.15) is 0 Å². The third-order valence-corrected chi connectivity index (χ3v) is 3.04. The fraction of sp³-hybridized carbons (Fsp3) is 0.417. The van der Waals surface area contributed by atoms with Crippen molar-refractivity contribution in [2.24, 2.45) is 7.05 Å². The standard InChI is InChI=1S/C12H16ClN3O.ClH/c1-16-8-10(13)6-11(16)12(17)15-7-9-2-4-14-5-3-9;/h2,6,8,14H,3-5,7H2,1H3,(H,15,17);1H. The Hall–Kier alpha value is -0.970. The van der Waals surface area contributed by atoms with Crippen molar-refractivity contribution in [2.45, 2.75) is 6.42 Å². The van der Waals surface area contributed by atoms with Crippen molar-refractivity contribution < 1.29 is 4.79 Å². The number of hydrogen-bond donors (Lipinski definition) is 2. The molecule has 4 nitrogen and oxygen atoms in total. The van der Waals surface area contributed by atoms with E-state index in [0.717, 1.165) is 19.5 Å².